The second kappa shape index (κ2) is 10.0. The van der Waals surface area contributed by atoms with Crippen LogP contribution in [0.25, 0.3) is 10.8 Å². The molecule has 1 amide bonds. The molecule has 3 aromatic carbocycles. The van der Waals surface area contributed by atoms with Gasteiger partial charge >= 0.3 is 0 Å². The number of nitrogens with zero attached hydrogens (tertiary/aromatic N) is 3. The normalized spacial score (nSPS) is 11.2. The van der Waals surface area contributed by atoms with Gasteiger partial charge in [-0.1, -0.05) is 80.2 Å². The van der Waals surface area contributed by atoms with Gasteiger partial charge in [0, 0.05) is 18.7 Å². The van der Waals surface area contributed by atoms with Crippen LogP contribution in [-0.4, -0.2) is 26.4 Å². The minimum absolute atomic E-state index is 0.0476. The van der Waals surface area contributed by atoms with Crippen molar-refractivity contribution in [2.75, 3.05) is 11.1 Å². The Morgan fingerprint density at radius 1 is 1.00 bits per heavy atom. The van der Waals surface area contributed by atoms with Crippen LogP contribution in [0.15, 0.2) is 71.9 Å². The Bertz CT molecular complexity index is 1210. The Hall–Kier alpha value is -3.12. The lowest BCUT2D eigenvalue weighted by atomic mass is 10.0. The molecule has 0 aliphatic rings. The average Bonchev–Trinajstić information content (AvgIpc) is 3.19. The van der Waals surface area contributed by atoms with E-state index in [1.54, 1.807) is 0 Å². The maximum Gasteiger partial charge on any atom is 0.234 e. The SMILES string of the molecule is CCn1c(Cc2cccc3ccccc23)nnc1SCC(=O)Nc1ccc(C(C)C)cc1. The number of fused-ring (bicyclic) bond motifs is 1. The molecule has 0 atom stereocenters. The van der Waals surface area contributed by atoms with Crippen LogP contribution in [-0.2, 0) is 17.8 Å². The molecule has 0 radical (unpaired) electrons. The van der Waals surface area contributed by atoms with Crippen LogP contribution >= 0.6 is 11.8 Å². The zero-order valence-corrected chi connectivity index (χ0v) is 19.5. The highest BCUT2D eigenvalue weighted by molar-refractivity contribution is 7.99. The minimum atomic E-state index is -0.0476. The number of amides is 1. The molecule has 1 N–H and O–H groups in total. The first-order chi connectivity index (χ1) is 15.5. The average molecular weight is 445 g/mol. The van der Waals surface area contributed by atoms with E-state index in [0.717, 1.165) is 23.2 Å². The standard InChI is InChI=1S/C26H28N4OS/c1-4-30-24(16-21-10-7-9-20-8-5-6-11-23(20)21)28-29-26(30)32-17-25(31)27-22-14-12-19(13-15-22)18(2)3/h5-15,18H,4,16-17H2,1-3H3,(H,27,31). The molecule has 0 unspecified atom stereocenters. The van der Waals surface area contributed by atoms with Gasteiger partial charge in [-0.2, -0.15) is 0 Å². The minimum Gasteiger partial charge on any atom is -0.325 e. The van der Waals surface area contributed by atoms with E-state index in [0.29, 0.717) is 18.1 Å². The summed E-state index contributed by atoms with van der Waals surface area (Å²) in [5.74, 6) is 1.63. The van der Waals surface area contributed by atoms with Gasteiger partial charge in [-0.25, -0.2) is 0 Å². The van der Waals surface area contributed by atoms with E-state index >= 15 is 0 Å². The molecule has 4 rings (SSSR count). The van der Waals surface area contributed by atoms with Crippen molar-refractivity contribution < 1.29 is 4.79 Å². The highest BCUT2D eigenvalue weighted by atomic mass is 32.2. The molecule has 0 aliphatic heterocycles. The fraction of sp³-hybridized carbons (Fsp3) is 0.269. The first kappa shape index (κ1) is 22.1. The molecule has 1 aromatic heterocycles. The summed E-state index contributed by atoms with van der Waals surface area (Å²) in [5.41, 5.74) is 3.30. The Morgan fingerprint density at radius 2 is 1.75 bits per heavy atom. The summed E-state index contributed by atoms with van der Waals surface area (Å²) in [6.07, 6.45) is 0.706. The molecule has 0 saturated carbocycles. The Balaban J connectivity index is 1.42. The fourth-order valence-corrected chi connectivity index (χ4v) is 4.59. The van der Waals surface area contributed by atoms with Gasteiger partial charge in [-0.3, -0.25) is 4.79 Å². The molecule has 5 nitrogen and oxygen atoms in total. The number of rotatable bonds is 8. The number of benzene rings is 3. The summed E-state index contributed by atoms with van der Waals surface area (Å²) in [7, 11) is 0. The summed E-state index contributed by atoms with van der Waals surface area (Å²) in [6.45, 7) is 7.15. The molecule has 0 fully saturated rings. The third-order valence-corrected chi connectivity index (χ3v) is 6.50. The lowest BCUT2D eigenvalue weighted by Gasteiger charge is -2.10. The monoisotopic (exact) mass is 444 g/mol. The molecule has 4 aromatic rings. The molecular weight excluding hydrogens is 416 g/mol. The lowest BCUT2D eigenvalue weighted by molar-refractivity contribution is -0.113. The van der Waals surface area contributed by atoms with Crippen molar-refractivity contribution in [3.05, 3.63) is 83.7 Å². The van der Waals surface area contributed by atoms with E-state index in [2.05, 4.69) is 95.4 Å². The summed E-state index contributed by atoms with van der Waals surface area (Å²) in [4.78, 5) is 12.5. The topological polar surface area (TPSA) is 59.8 Å². The summed E-state index contributed by atoms with van der Waals surface area (Å²) >= 11 is 1.42. The number of anilines is 1. The second-order valence-corrected chi connectivity index (χ2v) is 9.01. The van der Waals surface area contributed by atoms with E-state index in [-0.39, 0.29) is 5.91 Å². The maximum atomic E-state index is 12.5. The number of hydrogen-bond acceptors (Lipinski definition) is 4. The van der Waals surface area contributed by atoms with E-state index in [1.807, 2.05) is 12.1 Å². The van der Waals surface area contributed by atoms with Gasteiger partial charge in [0.25, 0.3) is 0 Å². The molecule has 6 heteroatoms. The van der Waals surface area contributed by atoms with Gasteiger partial charge in [-0.05, 0) is 46.9 Å². The predicted molar refractivity (Wildman–Crippen MR) is 132 cm³/mol. The van der Waals surface area contributed by atoms with Crippen molar-refractivity contribution in [2.45, 2.75) is 44.8 Å². The van der Waals surface area contributed by atoms with Gasteiger partial charge in [-0.15, -0.1) is 10.2 Å². The molecular formula is C26H28N4OS. The second-order valence-electron chi connectivity index (χ2n) is 8.07. The van der Waals surface area contributed by atoms with E-state index < -0.39 is 0 Å². The highest BCUT2D eigenvalue weighted by Crippen LogP contribution is 2.24. The lowest BCUT2D eigenvalue weighted by Crippen LogP contribution is -2.14. The molecule has 32 heavy (non-hydrogen) atoms. The summed E-state index contributed by atoms with van der Waals surface area (Å²) in [5, 5.41) is 15.0. The molecule has 0 aliphatic carbocycles. The third kappa shape index (κ3) is 5.02. The maximum absolute atomic E-state index is 12.5. The van der Waals surface area contributed by atoms with Crippen LogP contribution in [0.4, 0.5) is 5.69 Å². The number of carbonyl (C=O) groups excluding carboxylic acids is 1. The fourth-order valence-electron chi connectivity index (χ4n) is 3.77. The van der Waals surface area contributed by atoms with E-state index in [1.165, 1.54) is 33.7 Å². The zero-order valence-electron chi connectivity index (χ0n) is 18.7. The smallest absolute Gasteiger partial charge is 0.234 e. The van der Waals surface area contributed by atoms with Gasteiger partial charge in [0.1, 0.15) is 5.82 Å². The van der Waals surface area contributed by atoms with Gasteiger partial charge in [0.05, 0.1) is 5.75 Å². The Morgan fingerprint density at radius 3 is 2.50 bits per heavy atom. The molecule has 0 bridgehead atoms. The molecule has 1 heterocycles. The van der Waals surface area contributed by atoms with Gasteiger partial charge in [0.15, 0.2) is 5.16 Å². The third-order valence-electron chi connectivity index (χ3n) is 5.53. The predicted octanol–water partition coefficient (Wildman–Crippen LogP) is 5.90. The number of aromatic nitrogens is 3. The van der Waals surface area contributed by atoms with Crippen molar-refractivity contribution in [3.8, 4) is 0 Å². The van der Waals surface area contributed by atoms with Crippen molar-refractivity contribution in [3.63, 3.8) is 0 Å². The first-order valence-electron chi connectivity index (χ1n) is 11.0. The number of carbonyl (C=O) groups is 1. The van der Waals surface area contributed by atoms with Crippen molar-refractivity contribution >= 4 is 34.1 Å². The van der Waals surface area contributed by atoms with Crippen LogP contribution in [0.2, 0.25) is 0 Å². The van der Waals surface area contributed by atoms with Crippen LogP contribution in [0.3, 0.4) is 0 Å². The molecule has 164 valence electrons. The van der Waals surface area contributed by atoms with Crippen LogP contribution in [0.5, 0.6) is 0 Å². The van der Waals surface area contributed by atoms with Gasteiger partial charge < -0.3 is 9.88 Å². The Labute approximate surface area is 193 Å². The molecule has 0 saturated heterocycles. The largest absolute Gasteiger partial charge is 0.325 e. The number of thioether (sulfide) groups is 1. The van der Waals surface area contributed by atoms with Crippen molar-refractivity contribution in [1.82, 2.24) is 14.8 Å². The number of nitrogens with one attached hydrogen (secondary N) is 1. The zero-order chi connectivity index (χ0) is 22.5. The van der Waals surface area contributed by atoms with E-state index in [4.69, 9.17) is 0 Å². The number of hydrogen-bond donors (Lipinski definition) is 1. The van der Waals surface area contributed by atoms with Crippen LogP contribution in [0, 0.1) is 0 Å². The summed E-state index contributed by atoms with van der Waals surface area (Å²) in [6, 6.07) is 22.8. The van der Waals surface area contributed by atoms with Gasteiger partial charge in [0.2, 0.25) is 5.91 Å². The van der Waals surface area contributed by atoms with Crippen LogP contribution in [0.1, 0.15) is 43.6 Å². The summed E-state index contributed by atoms with van der Waals surface area (Å²) < 4.78 is 2.09. The Kier molecular flexibility index (Phi) is 6.90. The van der Waals surface area contributed by atoms with Crippen molar-refractivity contribution in [1.29, 1.82) is 0 Å². The highest BCUT2D eigenvalue weighted by Gasteiger charge is 2.15. The molecule has 0 spiro atoms. The van der Waals surface area contributed by atoms with Crippen LogP contribution < -0.4 is 5.32 Å². The quantitative estimate of drug-likeness (QED) is 0.344. The first-order valence-corrected chi connectivity index (χ1v) is 11.9. The van der Waals surface area contributed by atoms with Crippen molar-refractivity contribution in [2.24, 2.45) is 0 Å². The van der Waals surface area contributed by atoms with E-state index in [9.17, 15) is 4.79 Å².